The van der Waals surface area contributed by atoms with Gasteiger partial charge < -0.3 is 10.1 Å². The van der Waals surface area contributed by atoms with Gasteiger partial charge in [0, 0.05) is 24.0 Å². The standard InChI is InChI=1S/C14H17ClN2O4S/c1-22(19,20)17-7-6-13(14(18)16-10-3-4-10)21-12-5-2-9(15)8-11(12)17/h2,5,8,10,13H,3-4,6-7H2,1H3,(H,16,18)/t13-/m1/s1. The van der Waals surface area contributed by atoms with Crippen molar-refractivity contribution in [1.82, 2.24) is 5.32 Å². The lowest BCUT2D eigenvalue weighted by Gasteiger charge is -2.21. The third kappa shape index (κ3) is 3.30. The van der Waals surface area contributed by atoms with Crippen LogP contribution in [0.3, 0.4) is 0 Å². The van der Waals surface area contributed by atoms with Crippen molar-refractivity contribution in [3.8, 4) is 5.75 Å². The molecule has 0 bridgehead atoms. The fourth-order valence-corrected chi connectivity index (χ4v) is 3.51. The molecule has 0 radical (unpaired) electrons. The number of carbonyl (C=O) groups excluding carboxylic acids is 1. The monoisotopic (exact) mass is 344 g/mol. The number of amides is 1. The minimum absolute atomic E-state index is 0.176. The van der Waals surface area contributed by atoms with E-state index < -0.39 is 16.1 Å². The molecule has 1 amide bonds. The number of nitrogens with zero attached hydrogens (tertiary/aromatic N) is 1. The molecule has 1 atom stereocenters. The maximum absolute atomic E-state index is 12.2. The number of halogens is 1. The van der Waals surface area contributed by atoms with E-state index in [1.54, 1.807) is 18.2 Å². The van der Waals surface area contributed by atoms with E-state index >= 15 is 0 Å². The molecule has 1 aliphatic carbocycles. The van der Waals surface area contributed by atoms with E-state index in [-0.39, 0.29) is 24.9 Å². The second kappa shape index (κ2) is 5.62. The highest BCUT2D eigenvalue weighted by Crippen LogP contribution is 2.36. The molecule has 1 aromatic carbocycles. The van der Waals surface area contributed by atoms with Crippen LogP contribution in [-0.4, -0.2) is 39.3 Å². The number of carbonyl (C=O) groups is 1. The van der Waals surface area contributed by atoms with Crippen molar-refractivity contribution in [2.45, 2.75) is 31.4 Å². The van der Waals surface area contributed by atoms with Crippen molar-refractivity contribution >= 4 is 33.2 Å². The van der Waals surface area contributed by atoms with Gasteiger partial charge in [-0.15, -0.1) is 0 Å². The minimum atomic E-state index is -3.48. The van der Waals surface area contributed by atoms with E-state index in [4.69, 9.17) is 16.3 Å². The van der Waals surface area contributed by atoms with Gasteiger partial charge in [0.15, 0.2) is 6.10 Å². The maximum atomic E-state index is 12.2. The molecule has 0 saturated heterocycles. The molecular weight excluding hydrogens is 328 g/mol. The highest BCUT2D eigenvalue weighted by molar-refractivity contribution is 7.92. The first-order valence-corrected chi connectivity index (χ1v) is 9.31. The van der Waals surface area contributed by atoms with Gasteiger partial charge in [0.25, 0.3) is 5.91 Å². The van der Waals surface area contributed by atoms with Gasteiger partial charge in [0.2, 0.25) is 10.0 Å². The van der Waals surface area contributed by atoms with Gasteiger partial charge in [-0.2, -0.15) is 0 Å². The molecule has 0 unspecified atom stereocenters. The molecule has 0 aromatic heterocycles. The Labute approximate surface area is 134 Å². The Morgan fingerprint density at radius 2 is 2.09 bits per heavy atom. The summed E-state index contributed by atoms with van der Waals surface area (Å²) in [6.07, 6.45) is 2.69. The second-order valence-electron chi connectivity index (χ2n) is 5.63. The van der Waals surface area contributed by atoms with Crippen LogP contribution in [0.15, 0.2) is 18.2 Å². The van der Waals surface area contributed by atoms with Gasteiger partial charge in [-0.25, -0.2) is 8.42 Å². The predicted octanol–water partition coefficient (Wildman–Crippen LogP) is 1.54. The smallest absolute Gasteiger partial charge is 0.261 e. The third-order valence-corrected chi connectivity index (χ3v) is 5.08. The van der Waals surface area contributed by atoms with Gasteiger partial charge in [0.05, 0.1) is 11.9 Å². The fraction of sp³-hybridized carbons (Fsp3) is 0.500. The van der Waals surface area contributed by atoms with Crippen LogP contribution >= 0.6 is 11.6 Å². The Morgan fingerprint density at radius 3 is 2.73 bits per heavy atom. The summed E-state index contributed by atoms with van der Waals surface area (Å²) in [5.74, 6) is 0.155. The molecule has 1 N–H and O–H groups in total. The molecule has 1 fully saturated rings. The molecular formula is C14H17ClN2O4S. The Balaban J connectivity index is 1.91. The van der Waals surface area contributed by atoms with E-state index in [2.05, 4.69) is 5.32 Å². The van der Waals surface area contributed by atoms with Crippen LogP contribution in [0, 0.1) is 0 Å². The van der Waals surface area contributed by atoms with Crippen LogP contribution in [-0.2, 0) is 14.8 Å². The highest BCUT2D eigenvalue weighted by atomic mass is 35.5. The lowest BCUT2D eigenvalue weighted by atomic mass is 10.2. The summed E-state index contributed by atoms with van der Waals surface area (Å²) < 4.78 is 31.0. The summed E-state index contributed by atoms with van der Waals surface area (Å²) in [6.45, 7) is 0.176. The quantitative estimate of drug-likeness (QED) is 0.902. The number of benzene rings is 1. The molecule has 3 rings (SSSR count). The average molecular weight is 345 g/mol. The number of nitrogens with one attached hydrogen (secondary N) is 1. The molecule has 8 heteroatoms. The summed E-state index contributed by atoms with van der Waals surface area (Å²) in [6, 6.07) is 4.98. The van der Waals surface area contributed by atoms with Crippen molar-refractivity contribution in [2.75, 3.05) is 17.1 Å². The van der Waals surface area contributed by atoms with E-state index in [1.165, 1.54) is 4.31 Å². The van der Waals surface area contributed by atoms with Crippen LogP contribution in [0.4, 0.5) is 5.69 Å². The van der Waals surface area contributed by atoms with Crippen molar-refractivity contribution in [1.29, 1.82) is 0 Å². The van der Waals surface area contributed by atoms with E-state index in [0.717, 1.165) is 19.1 Å². The van der Waals surface area contributed by atoms with E-state index in [1.807, 2.05) is 0 Å². The molecule has 1 heterocycles. The Bertz CT molecular complexity index is 703. The first-order valence-electron chi connectivity index (χ1n) is 7.09. The van der Waals surface area contributed by atoms with Gasteiger partial charge in [-0.1, -0.05) is 11.6 Å². The van der Waals surface area contributed by atoms with Gasteiger partial charge in [-0.3, -0.25) is 9.10 Å². The Hall–Kier alpha value is -1.47. The van der Waals surface area contributed by atoms with Crippen LogP contribution in [0.25, 0.3) is 0 Å². The van der Waals surface area contributed by atoms with Crippen LogP contribution < -0.4 is 14.4 Å². The molecule has 22 heavy (non-hydrogen) atoms. The minimum Gasteiger partial charge on any atom is -0.478 e. The fourth-order valence-electron chi connectivity index (χ4n) is 2.40. The van der Waals surface area contributed by atoms with Gasteiger partial charge in [-0.05, 0) is 31.0 Å². The molecule has 1 aliphatic heterocycles. The highest BCUT2D eigenvalue weighted by Gasteiger charge is 2.33. The molecule has 120 valence electrons. The number of hydrogen-bond acceptors (Lipinski definition) is 4. The van der Waals surface area contributed by atoms with Crippen molar-refractivity contribution in [3.05, 3.63) is 23.2 Å². The van der Waals surface area contributed by atoms with Crippen molar-refractivity contribution in [2.24, 2.45) is 0 Å². The average Bonchev–Trinajstić information content (AvgIpc) is 3.22. The number of rotatable bonds is 3. The first-order chi connectivity index (χ1) is 10.3. The van der Waals surface area contributed by atoms with Crippen molar-refractivity contribution < 1.29 is 17.9 Å². The molecule has 6 nitrogen and oxygen atoms in total. The Morgan fingerprint density at radius 1 is 1.36 bits per heavy atom. The predicted molar refractivity (Wildman–Crippen MR) is 83.8 cm³/mol. The zero-order valence-electron chi connectivity index (χ0n) is 12.1. The summed E-state index contributed by atoms with van der Waals surface area (Å²) >= 11 is 5.97. The normalized spacial score (nSPS) is 21.5. The largest absolute Gasteiger partial charge is 0.478 e. The zero-order chi connectivity index (χ0) is 15.9. The number of sulfonamides is 1. The molecule has 1 aromatic rings. The Kier molecular flexibility index (Phi) is 3.94. The van der Waals surface area contributed by atoms with Crippen LogP contribution in [0.5, 0.6) is 5.75 Å². The third-order valence-electron chi connectivity index (χ3n) is 3.67. The maximum Gasteiger partial charge on any atom is 0.261 e. The lowest BCUT2D eigenvalue weighted by Crippen LogP contribution is -2.40. The number of ether oxygens (including phenoxy) is 1. The lowest BCUT2D eigenvalue weighted by molar-refractivity contribution is -0.128. The number of hydrogen-bond donors (Lipinski definition) is 1. The summed E-state index contributed by atoms with van der Waals surface area (Å²) in [7, 11) is -3.48. The summed E-state index contributed by atoms with van der Waals surface area (Å²) in [5, 5.41) is 3.30. The van der Waals surface area contributed by atoms with E-state index in [0.29, 0.717) is 16.5 Å². The second-order valence-corrected chi connectivity index (χ2v) is 7.97. The number of anilines is 1. The van der Waals surface area contributed by atoms with Gasteiger partial charge >= 0.3 is 0 Å². The SMILES string of the molecule is CS(=O)(=O)N1CC[C@H](C(=O)NC2CC2)Oc2ccc(Cl)cc21. The zero-order valence-corrected chi connectivity index (χ0v) is 13.7. The first kappa shape index (κ1) is 15.4. The topological polar surface area (TPSA) is 75.7 Å². The van der Waals surface area contributed by atoms with Crippen LogP contribution in [0.2, 0.25) is 5.02 Å². The van der Waals surface area contributed by atoms with Crippen molar-refractivity contribution in [3.63, 3.8) is 0 Å². The van der Waals surface area contributed by atoms with Crippen LogP contribution in [0.1, 0.15) is 19.3 Å². The number of fused-ring (bicyclic) bond motifs is 1. The van der Waals surface area contributed by atoms with Gasteiger partial charge in [0.1, 0.15) is 5.75 Å². The molecule has 2 aliphatic rings. The summed E-state index contributed by atoms with van der Waals surface area (Å²) in [4.78, 5) is 12.2. The molecule has 0 spiro atoms. The van der Waals surface area contributed by atoms with E-state index in [9.17, 15) is 13.2 Å². The molecule has 1 saturated carbocycles. The summed E-state index contributed by atoms with van der Waals surface area (Å²) in [5.41, 5.74) is 0.372.